The predicted molar refractivity (Wildman–Crippen MR) is 80.5 cm³/mol. The minimum Gasteiger partial charge on any atom is -0.495 e. The number of benzene rings is 1. The highest BCUT2D eigenvalue weighted by Crippen LogP contribution is 2.24. The molecule has 0 bridgehead atoms. The molecule has 0 aromatic heterocycles. The van der Waals surface area contributed by atoms with Crippen LogP contribution >= 0.6 is 11.8 Å². The van der Waals surface area contributed by atoms with Crippen molar-refractivity contribution in [1.82, 2.24) is 4.72 Å². The zero-order valence-corrected chi connectivity index (χ0v) is 13.0. The number of hydrogen-bond acceptors (Lipinski definition) is 5. The summed E-state index contributed by atoms with van der Waals surface area (Å²) in [6, 6.07) is 4.62. The lowest BCUT2D eigenvalue weighted by atomic mass is 10.2. The van der Waals surface area contributed by atoms with Gasteiger partial charge in [0.1, 0.15) is 17.3 Å². The van der Waals surface area contributed by atoms with Crippen molar-refractivity contribution in [1.29, 1.82) is 0 Å². The van der Waals surface area contributed by atoms with Crippen LogP contribution in [-0.4, -0.2) is 45.8 Å². The smallest absolute Gasteiger partial charge is 0.244 e. The summed E-state index contributed by atoms with van der Waals surface area (Å²) in [5, 5.41) is 8.67. The van der Waals surface area contributed by atoms with E-state index in [1.54, 1.807) is 23.9 Å². The van der Waals surface area contributed by atoms with Gasteiger partial charge in [-0.05, 0) is 24.5 Å². The van der Waals surface area contributed by atoms with Crippen LogP contribution in [0.25, 0.3) is 0 Å². The fraction of sp³-hybridized carbons (Fsp3) is 0.385. The standard InChI is InChI=1S/C13H17NO4S2/c1-18-12-6-5-11(4-3-8-15)10-13(12)20(16,17)14-7-9-19-2/h5-6,10,14-15H,7-9H2,1-2H3. The van der Waals surface area contributed by atoms with Gasteiger partial charge in [0.15, 0.2) is 0 Å². The number of sulfonamides is 1. The summed E-state index contributed by atoms with van der Waals surface area (Å²) < 4.78 is 32.0. The Bertz CT molecular complexity index is 603. The first kappa shape index (κ1) is 16.9. The van der Waals surface area contributed by atoms with Gasteiger partial charge in [-0.1, -0.05) is 11.8 Å². The van der Waals surface area contributed by atoms with E-state index in [0.29, 0.717) is 17.9 Å². The van der Waals surface area contributed by atoms with Gasteiger partial charge >= 0.3 is 0 Å². The van der Waals surface area contributed by atoms with Crippen molar-refractivity contribution in [2.24, 2.45) is 0 Å². The summed E-state index contributed by atoms with van der Waals surface area (Å²) in [4.78, 5) is 0.0471. The maximum absolute atomic E-state index is 12.2. The van der Waals surface area contributed by atoms with Gasteiger partial charge in [0, 0.05) is 17.9 Å². The monoisotopic (exact) mass is 315 g/mol. The van der Waals surface area contributed by atoms with E-state index in [4.69, 9.17) is 9.84 Å². The summed E-state index contributed by atoms with van der Waals surface area (Å²) in [6.45, 7) is 0.0687. The van der Waals surface area contributed by atoms with E-state index in [9.17, 15) is 8.42 Å². The summed E-state index contributed by atoms with van der Waals surface area (Å²) in [5.74, 6) is 6.10. The third-order valence-electron chi connectivity index (χ3n) is 2.36. The minimum absolute atomic E-state index is 0.0471. The van der Waals surface area contributed by atoms with Gasteiger partial charge in [-0.2, -0.15) is 11.8 Å². The molecular formula is C13H17NO4S2. The lowest BCUT2D eigenvalue weighted by molar-refractivity contribution is 0.350. The van der Waals surface area contributed by atoms with Crippen molar-refractivity contribution in [3.8, 4) is 17.6 Å². The minimum atomic E-state index is -3.64. The summed E-state index contributed by atoms with van der Waals surface area (Å²) >= 11 is 1.55. The maximum atomic E-state index is 12.2. The highest BCUT2D eigenvalue weighted by atomic mass is 32.2. The highest BCUT2D eigenvalue weighted by Gasteiger charge is 2.19. The largest absolute Gasteiger partial charge is 0.495 e. The lowest BCUT2D eigenvalue weighted by Crippen LogP contribution is -2.26. The van der Waals surface area contributed by atoms with Gasteiger partial charge in [0.2, 0.25) is 10.0 Å². The second-order valence-corrected chi connectivity index (χ2v) is 6.44. The molecule has 0 unspecified atom stereocenters. The van der Waals surface area contributed by atoms with Gasteiger partial charge in [-0.15, -0.1) is 0 Å². The molecule has 20 heavy (non-hydrogen) atoms. The van der Waals surface area contributed by atoms with Crippen LogP contribution in [-0.2, 0) is 10.0 Å². The molecular weight excluding hydrogens is 298 g/mol. The third-order valence-corrected chi connectivity index (χ3v) is 4.46. The fourth-order valence-electron chi connectivity index (χ4n) is 1.46. The topological polar surface area (TPSA) is 75.6 Å². The van der Waals surface area contributed by atoms with Crippen LogP contribution in [0.3, 0.4) is 0 Å². The zero-order valence-electron chi connectivity index (χ0n) is 11.3. The highest BCUT2D eigenvalue weighted by molar-refractivity contribution is 7.98. The van der Waals surface area contributed by atoms with Crippen LogP contribution in [0.15, 0.2) is 23.1 Å². The molecule has 0 aliphatic heterocycles. The molecule has 1 aromatic carbocycles. The van der Waals surface area contributed by atoms with Crippen molar-refractivity contribution >= 4 is 21.8 Å². The van der Waals surface area contributed by atoms with E-state index in [-0.39, 0.29) is 17.3 Å². The zero-order chi connectivity index (χ0) is 15.0. The molecule has 2 N–H and O–H groups in total. The Kier molecular flexibility index (Phi) is 6.88. The van der Waals surface area contributed by atoms with Gasteiger partial charge in [0.05, 0.1) is 7.11 Å². The van der Waals surface area contributed by atoms with Crippen molar-refractivity contribution in [3.63, 3.8) is 0 Å². The first-order valence-electron chi connectivity index (χ1n) is 5.81. The SMILES string of the molecule is COc1ccc(C#CCO)cc1S(=O)(=O)NCCSC. The molecule has 0 radical (unpaired) electrons. The van der Waals surface area contributed by atoms with Gasteiger partial charge in [-0.3, -0.25) is 0 Å². The van der Waals surface area contributed by atoms with Crippen molar-refractivity contribution in [2.45, 2.75) is 4.90 Å². The molecule has 0 saturated carbocycles. The van der Waals surface area contributed by atoms with Crippen molar-refractivity contribution < 1.29 is 18.3 Å². The molecule has 0 aliphatic rings. The number of aliphatic hydroxyl groups excluding tert-OH is 1. The van der Waals surface area contributed by atoms with Gasteiger partial charge < -0.3 is 9.84 Å². The molecule has 0 spiro atoms. The molecule has 110 valence electrons. The van der Waals surface area contributed by atoms with Gasteiger partial charge in [-0.25, -0.2) is 13.1 Å². The van der Waals surface area contributed by atoms with Crippen LogP contribution in [0.2, 0.25) is 0 Å². The van der Waals surface area contributed by atoms with E-state index in [1.165, 1.54) is 13.2 Å². The molecule has 0 fully saturated rings. The number of methoxy groups -OCH3 is 1. The Labute approximate surface area is 123 Å². The molecule has 0 heterocycles. The van der Waals surface area contributed by atoms with Gasteiger partial charge in [0.25, 0.3) is 0 Å². The second kappa shape index (κ2) is 8.17. The molecule has 0 atom stereocenters. The Morgan fingerprint density at radius 2 is 2.20 bits per heavy atom. The number of thioether (sulfide) groups is 1. The molecule has 5 nitrogen and oxygen atoms in total. The molecule has 0 saturated heterocycles. The van der Waals surface area contributed by atoms with Crippen LogP contribution in [0.5, 0.6) is 5.75 Å². The molecule has 1 aromatic rings. The van der Waals surface area contributed by atoms with E-state index in [2.05, 4.69) is 16.6 Å². The van der Waals surface area contributed by atoms with Crippen LogP contribution in [0.1, 0.15) is 5.56 Å². The van der Waals surface area contributed by atoms with E-state index < -0.39 is 10.0 Å². The first-order valence-corrected chi connectivity index (χ1v) is 8.69. The molecule has 7 heteroatoms. The fourth-order valence-corrected chi connectivity index (χ4v) is 3.12. The van der Waals surface area contributed by atoms with Crippen LogP contribution in [0, 0.1) is 11.8 Å². The second-order valence-electron chi connectivity index (χ2n) is 3.72. The number of aliphatic hydroxyl groups is 1. The number of nitrogens with one attached hydrogen (secondary N) is 1. The van der Waals surface area contributed by atoms with Crippen LogP contribution < -0.4 is 9.46 Å². The Morgan fingerprint density at radius 1 is 1.45 bits per heavy atom. The molecule has 0 amide bonds. The lowest BCUT2D eigenvalue weighted by Gasteiger charge is -2.10. The van der Waals surface area contributed by atoms with E-state index in [0.717, 1.165) is 0 Å². The Hall–Kier alpha value is -1.20. The number of ether oxygens (including phenoxy) is 1. The Balaban J connectivity index is 3.12. The predicted octanol–water partition coefficient (Wildman–Crippen LogP) is 0.680. The van der Waals surface area contributed by atoms with Crippen molar-refractivity contribution in [3.05, 3.63) is 23.8 Å². The van der Waals surface area contributed by atoms with E-state index >= 15 is 0 Å². The van der Waals surface area contributed by atoms with E-state index in [1.807, 2.05) is 6.26 Å². The summed E-state index contributed by atoms with van der Waals surface area (Å²) in [7, 11) is -2.23. The molecule has 1 rings (SSSR count). The molecule has 0 aliphatic carbocycles. The van der Waals surface area contributed by atoms with Crippen LogP contribution in [0.4, 0.5) is 0 Å². The summed E-state index contributed by atoms with van der Waals surface area (Å²) in [5.41, 5.74) is 0.505. The maximum Gasteiger partial charge on any atom is 0.244 e. The summed E-state index contributed by atoms with van der Waals surface area (Å²) in [6.07, 6.45) is 1.90. The first-order chi connectivity index (χ1) is 9.55. The number of hydrogen-bond donors (Lipinski definition) is 2. The Morgan fingerprint density at radius 3 is 2.80 bits per heavy atom. The number of rotatable bonds is 6. The third kappa shape index (κ3) is 4.72. The van der Waals surface area contributed by atoms with Crippen molar-refractivity contribution in [2.75, 3.05) is 32.3 Å². The average molecular weight is 315 g/mol. The normalized spacial score (nSPS) is 10.8. The average Bonchev–Trinajstić information content (AvgIpc) is 2.45. The quantitative estimate of drug-likeness (QED) is 0.596.